The number of hydrogen-bond acceptors (Lipinski definition) is 2. The molecule has 0 fully saturated rings. The first-order valence-corrected chi connectivity index (χ1v) is 8.74. The Morgan fingerprint density at radius 1 is 1.20 bits per heavy atom. The van der Waals surface area contributed by atoms with Gasteiger partial charge in [0.2, 0.25) is 5.91 Å². The van der Waals surface area contributed by atoms with Crippen molar-refractivity contribution >= 4 is 32.6 Å². The molecule has 1 N–H and O–H groups in total. The average molecular weight is 358 g/mol. The molecular formula is C15H20BrNO2S. The van der Waals surface area contributed by atoms with Crippen molar-refractivity contribution in [3.05, 3.63) is 41.4 Å². The van der Waals surface area contributed by atoms with E-state index in [2.05, 4.69) is 27.8 Å². The van der Waals surface area contributed by atoms with Crippen LogP contribution in [-0.4, -0.2) is 22.4 Å². The standard InChI is InChI=1S/C15H20BrNO2S/c1-13(16)10-11-17-15(18)9-5-6-12-20(19)14-7-3-2-4-8-14/h2-4,7-8H,1,5-6,9-12H2,(H,17,18). The Morgan fingerprint density at radius 3 is 2.55 bits per heavy atom. The Hall–Kier alpha value is -0.940. The molecule has 1 unspecified atom stereocenters. The van der Waals surface area contributed by atoms with Gasteiger partial charge in [0.15, 0.2) is 0 Å². The third-order valence-corrected chi connectivity index (χ3v) is 4.56. The van der Waals surface area contributed by atoms with E-state index >= 15 is 0 Å². The average Bonchev–Trinajstić information content (AvgIpc) is 2.44. The second kappa shape index (κ2) is 9.88. The fourth-order valence-corrected chi connectivity index (χ4v) is 3.00. The molecular weight excluding hydrogens is 338 g/mol. The van der Waals surface area contributed by atoms with E-state index in [1.165, 1.54) is 0 Å². The largest absolute Gasteiger partial charge is 0.356 e. The van der Waals surface area contributed by atoms with Crippen LogP contribution in [0.15, 0.2) is 46.3 Å². The lowest BCUT2D eigenvalue weighted by Gasteiger charge is -2.05. The van der Waals surface area contributed by atoms with Crippen LogP contribution in [0.2, 0.25) is 0 Å². The van der Waals surface area contributed by atoms with Crippen LogP contribution in [0.1, 0.15) is 25.7 Å². The molecule has 0 bridgehead atoms. The van der Waals surface area contributed by atoms with Crippen molar-refractivity contribution in [1.82, 2.24) is 5.32 Å². The first-order chi connectivity index (χ1) is 9.59. The summed E-state index contributed by atoms with van der Waals surface area (Å²) in [6.45, 7) is 4.32. The Morgan fingerprint density at radius 2 is 1.90 bits per heavy atom. The summed E-state index contributed by atoms with van der Waals surface area (Å²) in [4.78, 5) is 12.4. The minimum atomic E-state index is -0.959. The summed E-state index contributed by atoms with van der Waals surface area (Å²) in [6, 6.07) is 9.43. The number of benzene rings is 1. The maximum Gasteiger partial charge on any atom is 0.220 e. The molecule has 0 aliphatic heterocycles. The minimum absolute atomic E-state index is 0.0456. The van der Waals surface area contributed by atoms with E-state index in [-0.39, 0.29) is 5.91 Å². The minimum Gasteiger partial charge on any atom is -0.356 e. The molecule has 1 rings (SSSR count). The van der Waals surface area contributed by atoms with Gasteiger partial charge in [-0.2, -0.15) is 0 Å². The molecule has 20 heavy (non-hydrogen) atoms. The van der Waals surface area contributed by atoms with E-state index in [0.29, 0.717) is 18.7 Å². The number of halogens is 1. The summed E-state index contributed by atoms with van der Waals surface area (Å²) in [5.41, 5.74) is 0. The summed E-state index contributed by atoms with van der Waals surface area (Å²) in [5, 5.41) is 2.83. The predicted molar refractivity (Wildman–Crippen MR) is 87.3 cm³/mol. The molecule has 110 valence electrons. The third-order valence-electron chi connectivity index (χ3n) is 2.71. The van der Waals surface area contributed by atoms with Crippen LogP contribution in [0.5, 0.6) is 0 Å². The van der Waals surface area contributed by atoms with Gasteiger partial charge in [-0.1, -0.05) is 40.7 Å². The zero-order chi connectivity index (χ0) is 14.8. The van der Waals surface area contributed by atoms with Gasteiger partial charge in [0.1, 0.15) is 0 Å². The monoisotopic (exact) mass is 357 g/mol. The van der Waals surface area contributed by atoms with Crippen molar-refractivity contribution in [1.29, 1.82) is 0 Å². The molecule has 1 aromatic carbocycles. The van der Waals surface area contributed by atoms with E-state index in [9.17, 15) is 9.00 Å². The van der Waals surface area contributed by atoms with Crippen LogP contribution in [0.3, 0.4) is 0 Å². The number of carbonyl (C=O) groups is 1. The molecule has 1 atom stereocenters. The van der Waals surface area contributed by atoms with Crippen LogP contribution >= 0.6 is 15.9 Å². The lowest BCUT2D eigenvalue weighted by molar-refractivity contribution is -0.121. The molecule has 0 aliphatic carbocycles. The molecule has 0 radical (unpaired) electrons. The first-order valence-electron chi connectivity index (χ1n) is 6.63. The molecule has 0 aliphatic rings. The summed E-state index contributed by atoms with van der Waals surface area (Å²) in [7, 11) is -0.959. The SMILES string of the molecule is C=C(Br)CCNC(=O)CCCCS(=O)c1ccccc1. The van der Waals surface area contributed by atoms with Crippen molar-refractivity contribution in [3.63, 3.8) is 0 Å². The lowest BCUT2D eigenvalue weighted by Crippen LogP contribution is -2.24. The van der Waals surface area contributed by atoms with E-state index < -0.39 is 10.8 Å². The summed E-state index contributed by atoms with van der Waals surface area (Å²) >= 11 is 3.25. The highest BCUT2D eigenvalue weighted by atomic mass is 79.9. The van der Waals surface area contributed by atoms with Gasteiger partial charge in [0.25, 0.3) is 0 Å². The van der Waals surface area contributed by atoms with Gasteiger partial charge in [-0.05, 0) is 35.9 Å². The van der Waals surface area contributed by atoms with Crippen molar-refractivity contribution in [2.75, 3.05) is 12.3 Å². The molecule has 1 aromatic rings. The van der Waals surface area contributed by atoms with E-state index in [1.807, 2.05) is 30.3 Å². The van der Waals surface area contributed by atoms with Gasteiger partial charge in [-0.3, -0.25) is 9.00 Å². The molecule has 1 amide bonds. The Bertz CT molecular complexity index is 462. The number of carbonyl (C=O) groups excluding carboxylic acids is 1. The van der Waals surface area contributed by atoms with Gasteiger partial charge >= 0.3 is 0 Å². The molecule has 0 saturated heterocycles. The molecule has 3 nitrogen and oxygen atoms in total. The number of hydrogen-bond donors (Lipinski definition) is 1. The summed E-state index contributed by atoms with van der Waals surface area (Å²) < 4.78 is 12.8. The normalized spacial score (nSPS) is 11.8. The van der Waals surface area contributed by atoms with E-state index in [4.69, 9.17) is 0 Å². The maximum atomic E-state index is 11.9. The number of unbranched alkanes of at least 4 members (excludes halogenated alkanes) is 1. The molecule has 0 saturated carbocycles. The predicted octanol–water partition coefficient (Wildman–Crippen LogP) is 3.38. The molecule has 0 spiro atoms. The van der Waals surface area contributed by atoms with Gasteiger partial charge in [0, 0.05) is 23.6 Å². The third kappa shape index (κ3) is 7.60. The van der Waals surface area contributed by atoms with Gasteiger partial charge in [-0.25, -0.2) is 0 Å². The Labute approximate surface area is 131 Å². The van der Waals surface area contributed by atoms with Crippen LogP contribution in [0.4, 0.5) is 0 Å². The fourth-order valence-electron chi connectivity index (χ4n) is 1.63. The zero-order valence-electron chi connectivity index (χ0n) is 11.4. The van der Waals surface area contributed by atoms with E-state index in [0.717, 1.165) is 28.6 Å². The number of amides is 1. The first kappa shape index (κ1) is 17.1. The zero-order valence-corrected chi connectivity index (χ0v) is 13.8. The van der Waals surface area contributed by atoms with Crippen LogP contribution in [0.25, 0.3) is 0 Å². The van der Waals surface area contributed by atoms with Crippen molar-refractivity contribution in [2.24, 2.45) is 0 Å². The molecule has 0 aromatic heterocycles. The van der Waals surface area contributed by atoms with Crippen LogP contribution < -0.4 is 5.32 Å². The maximum absolute atomic E-state index is 11.9. The fraction of sp³-hybridized carbons (Fsp3) is 0.400. The summed E-state index contributed by atoms with van der Waals surface area (Å²) in [6.07, 6.45) is 2.78. The van der Waals surface area contributed by atoms with E-state index in [1.54, 1.807) is 0 Å². The summed E-state index contributed by atoms with van der Waals surface area (Å²) in [5.74, 6) is 0.652. The van der Waals surface area contributed by atoms with Crippen LogP contribution in [0, 0.1) is 0 Å². The highest BCUT2D eigenvalue weighted by Crippen LogP contribution is 2.08. The Kier molecular flexibility index (Phi) is 8.46. The smallest absolute Gasteiger partial charge is 0.220 e. The second-order valence-corrected chi connectivity index (χ2v) is 7.13. The van der Waals surface area contributed by atoms with Crippen molar-refractivity contribution in [3.8, 4) is 0 Å². The Balaban J connectivity index is 2.11. The van der Waals surface area contributed by atoms with Gasteiger partial charge < -0.3 is 5.32 Å². The number of nitrogens with one attached hydrogen (secondary N) is 1. The highest BCUT2D eigenvalue weighted by Gasteiger charge is 2.04. The second-order valence-electron chi connectivity index (χ2n) is 4.44. The highest BCUT2D eigenvalue weighted by molar-refractivity contribution is 9.11. The van der Waals surface area contributed by atoms with Crippen molar-refractivity contribution in [2.45, 2.75) is 30.6 Å². The van der Waals surface area contributed by atoms with Crippen LogP contribution in [-0.2, 0) is 15.6 Å². The molecule has 5 heteroatoms. The lowest BCUT2D eigenvalue weighted by atomic mass is 10.2. The topological polar surface area (TPSA) is 46.2 Å². The van der Waals surface area contributed by atoms with Gasteiger partial charge in [-0.15, -0.1) is 0 Å². The quantitative estimate of drug-likeness (QED) is 0.688. The molecule has 0 heterocycles. The van der Waals surface area contributed by atoms with Crippen molar-refractivity contribution < 1.29 is 9.00 Å². The van der Waals surface area contributed by atoms with Gasteiger partial charge in [0.05, 0.1) is 10.8 Å². The number of rotatable bonds is 9.